The maximum atomic E-state index is 13.0. The van der Waals surface area contributed by atoms with E-state index in [0.717, 1.165) is 18.5 Å². The van der Waals surface area contributed by atoms with Crippen LogP contribution >= 0.6 is 0 Å². The quantitative estimate of drug-likeness (QED) is 0.582. The minimum absolute atomic E-state index is 0.0371. The van der Waals surface area contributed by atoms with E-state index in [9.17, 15) is 19.7 Å². The summed E-state index contributed by atoms with van der Waals surface area (Å²) < 4.78 is 13.0. The lowest BCUT2D eigenvalue weighted by atomic mass is 9.78. The molecule has 1 aromatic carbocycles. The average molecular weight is 349 g/mol. The minimum Gasteiger partial charge on any atom is -0.508 e. The molecule has 1 atom stereocenters. The number of hydrogen-bond donors (Lipinski definition) is 4. The second kappa shape index (κ2) is 8.13. The molecular formula is C20H28FNO3. The maximum Gasteiger partial charge on any atom is 0.123 e. The number of nitrogens with one attached hydrogen (secondary N) is 1. The van der Waals surface area contributed by atoms with Crippen molar-refractivity contribution in [3.8, 4) is 0 Å². The standard InChI is InChI=1S/C20H28FNO3/c1-19(2,9-15-3-5-17(21)6-4-15)12-22-13-20(14-24)8-7-18(25)16(10-20)11-23/h3-8,22-25H,9-14H2,1-2H3. The van der Waals surface area contributed by atoms with E-state index < -0.39 is 5.41 Å². The van der Waals surface area contributed by atoms with Gasteiger partial charge in [-0.1, -0.05) is 32.1 Å². The van der Waals surface area contributed by atoms with Gasteiger partial charge in [0, 0.05) is 18.5 Å². The third-order valence-corrected chi connectivity index (χ3v) is 4.70. The van der Waals surface area contributed by atoms with Gasteiger partial charge in [-0.3, -0.25) is 0 Å². The summed E-state index contributed by atoms with van der Waals surface area (Å²) in [5.41, 5.74) is 1.07. The highest BCUT2D eigenvalue weighted by Crippen LogP contribution is 2.33. The van der Waals surface area contributed by atoms with Gasteiger partial charge in [-0.15, -0.1) is 0 Å². The zero-order valence-electron chi connectivity index (χ0n) is 14.9. The zero-order chi connectivity index (χ0) is 18.5. The SMILES string of the molecule is CC(C)(CNCC1(CO)C=CC(O)=C(CO)C1)Cc1ccc(F)cc1. The van der Waals surface area contributed by atoms with E-state index in [1.165, 1.54) is 12.1 Å². The van der Waals surface area contributed by atoms with Crippen molar-refractivity contribution in [1.82, 2.24) is 5.32 Å². The van der Waals surface area contributed by atoms with Crippen LogP contribution in [0, 0.1) is 16.6 Å². The predicted molar refractivity (Wildman–Crippen MR) is 96.8 cm³/mol. The van der Waals surface area contributed by atoms with Gasteiger partial charge in [-0.05, 0) is 47.6 Å². The number of halogens is 1. The van der Waals surface area contributed by atoms with Crippen molar-refractivity contribution in [2.24, 2.45) is 10.8 Å². The Kier molecular flexibility index (Phi) is 6.38. The van der Waals surface area contributed by atoms with Crippen molar-refractivity contribution in [1.29, 1.82) is 0 Å². The van der Waals surface area contributed by atoms with E-state index >= 15 is 0 Å². The first-order chi connectivity index (χ1) is 11.8. The van der Waals surface area contributed by atoms with E-state index in [1.807, 2.05) is 6.08 Å². The highest BCUT2D eigenvalue weighted by molar-refractivity contribution is 5.29. The van der Waals surface area contributed by atoms with Gasteiger partial charge in [0.1, 0.15) is 11.6 Å². The molecule has 0 radical (unpaired) electrons. The largest absolute Gasteiger partial charge is 0.508 e. The van der Waals surface area contributed by atoms with Crippen LogP contribution in [0.4, 0.5) is 4.39 Å². The molecule has 138 valence electrons. The molecule has 2 rings (SSSR count). The topological polar surface area (TPSA) is 72.7 Å². The van der Waals surface area contributed by atoms with Gasteiger partial charge in [0.05, 0.1) is 13.2 Å². The third-order valence-electron chi connectivity index (χ3n) is 4.70. The first-order valence-electron chi connectivity index (χ1n) is 8.56. The van der Waals surface area contributed by atoms with Gasteiger partial charge in [-0.25, -0.2) is 4.39 Å². The predicted octanol–water partition coefficient (Wildman–Crippen LogP) is 2.73. The monoisotopic (exact) mass is 349 g/mol. The van der Waals surface area contributed by atoms with Gasteiger partial charge in [-0.2, -0.15) is 0 Å². The lowest BCUT2D eigenvalue weighted by Gasteiger charge is -2.34. The van der Waals surface area contributed by atoms with Crippen LogP contribution in [-0.4, -0.2) is 41.6 Å². The van der Waals surface area contributed by atoms with Crippen molar-refractivity contribution in [3.63, 3.8) is 0 Å². The summed E-state index contributed by atoms with van der Waals surface area (Å²) in [7, 11) is 0. The molecule has 0 aliphatic heterocycles. The fourth-order valence-corrected chi connectivity index (χ4v) is 3.24. The lowest BCUT2D eigenvalue weighted by Crippen LogP contribution is -2.41. The van der Waals surface area contributed by atoms with E-state index in [1.54, 1.807) is 18.2 Å². The summed E-state index contributed by atoms with van der Waals surface area (Å²) in [4.78, 5) is 0. The van der Waals surface area contributed by atoms with Crippen LogP contribution in [0.15, 0.2) is 47.7 Å². The Morgan fingerprint density at radius 1 is 1.20 bits per heavy atom. The second-order valence-corrected chi connectivity index (χ2v) is 7.75. The van der Waals surface area contributed by atoms with Gasteiger partial charge in [0.25, 0.3) is 0 Å². The van der Waals surface area contributed by atoms with Crippen molar-refractivity contribution in [3.05, 3.63) is 59.1 Å². The molecule has 1 aliphatic carbocycles. The van der Waals surface area contributed by atoms with Gasteiger partial charge in [0.2, 0.25) is 0 Å². The van der Waals surface area contributed by atoms with Crippen LogP contribution in [-0.2, 0) is 6.42 Å². The number of rotatable bonds is 8. The first kappa shape index (κ1) is 19.6. The minimum atomic E-state index is -0.518. The van der Waals surface area contributed by atoms with E-state index in [0.29, 0.717) is 18.5 Å². The molecule has 0 heterocycles. The molecule has 4 N–H and O–H groups in total. The zero-order valence-corrected chi connectivity index (χ0v) is 14.9. The molecule has 25 heavy (non-hydrogen) atoms. The van der Waals surface area contributed by atoms with E-state index in [2.05, 4.69) is 19.2 Å². The molecule has 1 unspecified atom stereocenters. The highest BCUT2D eigenvalue weighted by atomic mass is 19.1. The van der Waals surface area contributed by atoms with E-state index in [-0.39, 0.29) is 30.2 Å². The van der Waals surface area contributed by atoms with Crippen LogP contribution in [0.2, 0.25) is 0 Å². The third kappa shape index (κ3) is 5.39. The molecule has 0 saturated heterocycles. The molecule has 0 fully saturated rings. The van der Waals surface area contributed by atoms with Crippen molar-refractivity contribution >= 4 is 0 Å². The lowest BCUT2D eigenvalue weighted by molar-refractivity contribution is 0.150. The fraction of sp³-hybridized carbons (Fsp3) is 0.500. The summed E-state index contributed by atoms with van der Waals surface area (Å²) in [6.45, 7) is 5.26. The molecule has 1 aliphatic rings. The second-order valence-electron chi connectivity index (χ2n) is 7.75. The molecule has 5 heteroatoms. The number of aliphatic hydroxyl groups is 3. The molecule has 0 saturated carbocycles. The number of allylic oxidation sites excluding steroid dienone is 1. The van der Waals surface area contributed by atoms with Gasteiger partial charge >= 0.3 is 0 Å². The van der Waals surface area contributed by atoms with Crippen molar-refractivity contribution in [2.75, 3.05) is 26.3 Å². The summed E-state index contributed by atoms with van der Waals surface area (Å²) >= 11 is 0. The normalized spacial score (nSPS) is 21.0. The van der Waals surface area contributed by atoms with Crippen LogP contribution in [0.3, 0.4) is 0 Å². The summed E-state index contributed by atoms with van der Waals surface area (Å²) in [5.74, 6) is -0.145. The molecule has 0 aromatic heterocycles. The van der Waals surface area contributed by atoms with Crippen LogP contribution in [0.5, 0.6) is 0 Å². The summed E-state index contributed by atoms with van der Waals surface area (Å²) in [5, 5.41) is 32.3. The fourth-order valence-electron chi connectivity index (χ4n) is 3.24. The molecule has 0 spiro atoms. The Morgan fingerprint density at radius 2 is 1.88 bits per heavy atom. The highest BCUT2D eigenvalue weighted by Gasteiger charge is 2.32. The Balaban J connectivity index is 1.91. The first-order valence-corrected chi connectivity index (χ1v) is 8.56. The van der Waals surface area contributed by atoms with Crippen molar-refractivity contribution < 1.29 is 19.7 Å². The Bertz CT molecular complexity index is 637. The van der Waals surface area contributed by atoms with Gasteiger partial charge < -0.3 is 20.6 Å². The Morgan fingerprint density at radius 3 is 2.48 bits per heavy atom. The molecule has 0 amide bonds. The molecule has 0 bridgehead atoms. The van der Waals surface area contributed by atoms with Crippen molar-refractivity contribution in [2.45, 2.75) is 26.7 Å². The maximum absolute atomic E-state index is 13.0. The summed E-state index contributed by atoms with van der Waals surface area (Å²) in [6, 6.07) is 6.55. The van der Waals surface area contributed by atoms with Gasteiger partial charge in [0.15, 0.2) is 0 Å². The van der Waals surface area contributed by atoms with Crippen LogP contribution in [0.25, 0.3) is 0 Å². The number of aliphatic hydroxyl groups excluding tert-OH is 3. The number of benzene rings is 1. The Hall–Kier alpha value is -1.69. The van der Waals surface area contributed by atoms with E-state index in [4.69, 9.17) is 0 Å². The Labute approximate surface area is 148 Å². The average Bonchev–Trinajstić information content (AvgIpc) is 2.58. The number of hydrogen-bond acceptors (Lipinski definition) is 4. The van der Waals surface area contributed by atoms with Crippen LogP contribution in [0.1, 0.15) is 25.8 Å². The molecule has 4 nitrogen and oxygen atoms in total. The van der Waals surface area contributed by atoms with Crippen LogP contribution < -0.4 is 5.32 Å². The molecule has 1 aromatic rings. The summed E-state index contributed by atoms with van der Waals surface area (Å²) in [6.07, 6.45) is 4.59. The smallest absolute Gasteiger partial charge is 0.123 e. The molecular weight excluding hydrogens is 321 g/mol.